The summed E-state index contributed by atoms with van der Waals surface area (Å²) in [5.74, 6) is 1.40. The van der Waals surface area contributed by atoms with Crippen LogP contribution in [0.2, 0.25) is 0 Å². The van der Waals surface area contributed by atoms with Crippen LogP contribution in [-0.2, 0) is 9.53 Å². The molecular formula is C21H27N5O3. The maximum absolute atomic E-state index is 13.2. The van der Waals surface area contributed by atoms with Gasteiger partial charge in [0.25, 0.3) is 11.8 Å². The molecule has 1 aromatic carbocycles. The lowest BCUT2D eigenvalue weighted by Gasteiger charge is -2.29. The molecule has 5 rings (SSSR count). The molecule has 0 saturated carbocycles. The number of anilines is 1. The Bertz CT molecular complexity index is 851. The number of carbonyl (C=O) groups is 1. The average molecular weight is 397 g/mol. The zero-order valence-corrected chi connectivity index (χ0v) is 16.6. The van der Waals surface area contributed by atoms with Crippen LogP contribution in [0.15, 0.2) is 34.9 Å². The number of aromatic nitrogens is 2. The van der Waals surface area contributed by atoms with Crippen LogP contribution in [-0.4, -0.2) is 84.9 Å². The molecular weight excluding hydrogens is 370 g/mol. The maximum atomic E-state index is 13.2. The number of hydrogen-bond donors (Lipinski definition) is 0. The molecule has 1 aromatic heterocycles. The van der Waals surface area contributed by atoms with Gasteiger partial charge in [0.05, 0.1) is 18.6 Å². The molecule has 154 valence electrons. The Balaban J connectivity index is 1.21. The predicted octanol–water partition coefficient (Wildman–Crippen LogP) is 1.50. The Labute approximate surface area is 170 Å². The molecule has 4 heterocycles. The molecule has 1 unspecified atom stereocenters. The van der Waals surface area contributed by atoms with Crippen molar-refractivity contribution >= 4 is 11.9 Å². The lowest BCUT2D eigenvalue weighted by molar-refractivity contribution is -0.135. The number of carbonyl (C=O) groups excluding carboxylic acids is 1. The average Bonchev–Trinajstić information content (AvgIpc) is 3.49. The summed E-state index contributed by atoms with van der Waals surface area (Å²) in [5, 5.41) is 4.17. The molecule has 1 amide bonds. The largest absolute Gasteiger partial charge is 0.379 e. The molecule has 3 fully saturated rings. The Hall–Kier alpha value is -2.45. The van der Waals surface area contributed by atoms with Gasteiger partial charge in [-0.25, -0.2) is 0 Å². The van der Waals surface area contributed by atoms with Gasteiger partial charge in [-0.15, -0.1) is 0 Å². The van der Waals surface area contributed by atoms with Gasteiger partial charge in [-0.1, -0.05) is 18.2 Å². The maximum Gasteiger partial charge on any atom is 0.266 e. The molecule has 0 aliphatic carbocycles. The minimum Gasteiger partial charge on any atom is -0.379 e. The summed E-state index contributed by atoms with van der Waals surface area (Å²) in [6.07, 6.45) is 1.77. The van der Waals surface area contributed by atoms with E-state index in [0.717, 1.165) is 70.9 Å². The van der Waals surface area contributed by atoms with Crippen molar-refractivity contribution in [2.75, 3.05) is 63.9 Å². The first-order chi connectivity index (χ1) is 14.2. The standard InChI is InChI=1S/C21H27N5O3/c27-19-21(6-8-25(19)11-10-24-12-14-28-15-13-24)7-9-26(16-21)20-22-18(29-23-20)17-4-2-1-3-5-17/h1-5H,6-16H2. The highest BCUT2D eigenvalue weighted by atomic mass is 16.5. The fraction of sp³-hybridized carbons (Fsp3) is 0.571. The van der Waals surface area contributed by atoms with Crippen molar-refractivity contribution in [2.24, 2.45) is 5.41 Å². The van der Waals surface area contributed by atoms with E-state index in [1.807, 2.05) is 35.2 Å². The highest BCUT2D eigenvalue weighted by Crippen LogP contribution is 2.41. The van der Waals surface area contributed by atoms with Crippen LogP contribution in [0.5, 0.6) is 0 Å². The molecule has 3 saturated heterocycles. The number of benzene rings is 1. The van der Waals surface area contributed by atoms with Crippen molar-refractivity contribution in [1.82, 2.24) is 19.9 Å². The van der Waals surface area contributed by atoms with E-state index in [4.69, 9.17) is 9.26 Å². The van der Waals surface area contributed by atoms with Gasteiger partial charge in [0.1, 0.15) is 0 Å². The summed E-state index contributed by atoms with van der Waals surface area (Å²) < 4.78 is 10.9. The van der Waals surface area contributed by atoms with Gasteiger partial charge in [0.2, 0.25) is 5.91 Å². The highest BCUT2D eigenvalue weighted by Gasteiger charge is 2.51. The van der Waals surface area contributed by atoms with Crippen molar-refractivity contribution < 1.29 is 14.1 Å². The van der Waals surface area contributed by atoms with E-state index in [-0.39, 0.29) is 5.41 Å². The fourth-order valence-corrected chi connectivity index (χ4v) is 4.66. The number of likely N-dealkylation sites (tertiary alicyclic amines) is 1. The minimum absolute atomic E-state index is 0.292. The predicted molar refractivity (Wildman–Crippen MR) is 107 cm³/mol. The summed E-state index contributed by atoms with van der Waals surface area (Å²) in [4.78, 5) is 24.3. The first kappa shape index (κ1) is 18.6. The Morgan fingerprint density at radius 3 is 2.62 bits per heavy atom. The number of nitrogens with zero attached hydrogens (tertiary/aromatic N) is 5. The van der Waals surface area contributed by atoms with E-state index in [9.17, 15) is 4.79 Å². The summed E-state index contributed by atoms with van der Waals surface area (Å²) in [7, 11) is 0. The summed E-state index contributed by atoms with van der Waals surface area (Å²) in [6.45, 7) is 7.56. The van der Waals surface area contributed by atoms with Crippen molar-refractivity contribution in [3.05, 3.63) is 30.3 Å². The number of morpholine rings is 1. The molecule has 2 aromatic rings. The third-order valence-corrected chi connectivity index (χ3v) is 6.46. The smallest absolute Gasteiger partial charge is 0.266 e. The Morgan fingerprint density at radius 2 is 1.79 bits per heavy atom. The first-order valence-corrected chi connectivity index (χ1v) is 10.5. The van der Waals surface area contributed by atoms with E-state index in [0.29, 0.717) is 24.3 Å². The lowest BCUT2D eigenvalue weighted by atomic mass is 9.85. The molecule has 1 atom stereocenters. The van der Waals surface area contributed by atoms with E-state index in [1.54, 1.807) is 0 Å². The van der Waals surface area contributed by atoms with E-state index >= 15 is 0 Å². The third kappa shape index (κ3) is 3.62. The molecule has 0 N–H and O–H groups in total. The number of rotatable bonds is 5. The summed E-state index contributed by atoms with van der Waals surface area (Å²) in [6, 6.07) is 9.77. The topological polar surface area (TPSA) is 74.9 Å². The van der Waals surface area contributed by atoms with Crippen LogP contribution in [0.1, 0.15) is 12.8 Å². The third-order valence-electron chi connectivity index (χ3n) is 6.46. The molecule has 0 bridgehead atoms. The molecule has 3 aliphatic rings. The zero-order valence-electron chi connectivity index (χ0n) is 16.6. The summed E-state index contributed by atoms with van der Waals surface area (Å²) >= 11 is 0. The van der Waals surface area contributed by atoms with Crippen LogP contribution in [0.3, 0.4) is 0 Å². The van der Waals surface area contributed by atoms with Crippen LogP contribution >= 0.6 is 0 Å². The SMILES string of the molecule is O=C1N(CCN2CCOCC2)CCC12CCN(c1noc(-c3ccccc3)n1)C2. The van der Waals surface area contributed by atoms with Crippen LogP contribution < -0.4 is 4.90 Å². The minimum atomic E-state index is -0.293. The Kier molecular flexibility index (Phi) is 4.97. The number of ether oxygens (including phenoxy) is 1. The van der Waals surface area contributed by atoms with Gasteiger partial charge >= 0.3 is 0 Å². The summed E-state index contributed by atoms with van der Waals surface area (Å²) in [5.41, 5.74) is 0.616. The second kappa shape index (κ2) is 7.76. The van der Waals surface area contributed by atoms with Crippen LogP contribution in [0.25, 0.3) is 11.5 Å². The van der Waals surface area contributed by atoms with Crippen LogP contribution in [0, 0.1) is 5.41 Å². The number of amides is 1. The first-order valence-electron chi connectivity index (χ1n) is 10.5. The van der Waals surface area contributed by atoms with Gasteiger partial charge in [0.15, 0.2) is 0 Å². The monoisotopic (exact) mass is 397 g/mol. The molecule has 3 aliphatic heterocycles. The van der Waals surface area contributed by atoms with E-state index in [1.165, 1.54) is 0 Å². The van der Waals surface area contributed by atoms with Crippen LogP contribution in [0.4, 0.5) is 5.95 Å². The molecule has 8 heteroatoms. The zero-order chi connectivity index (χ0) is 19.7. The quantitative estimate of drug-likeness (QED) is 0.757. The second-order valence-corrected chi connectivity index (χ2v) is 8.21. The highest BCUT2D eigenvalue weighted by molar-refractivity contribution is 5.86. The Morgan fingerprint density at radius 1 is 1.00 bits per heavy atom. The molecule has 0 radical (unpaired) electrons. The van der Waals surface area contributed by atoms with E-state index < -0.39 is 0 Å². The van der Waals surface area contributed by atoms with Gasteiger partial charge in [-0.2, -0.15) is 4.98 Å². The van der Waals surface area contributed by atoms with Crippen molar-refractivity contribution in [3.63, 3.8) is 0 Å². The van der Waals surface area contributed by atoms with E-state index in [2.05, 4.69) is 19.9 Å². The van der Waals surface area contributed by atoms with Crippen molar-refractivity contribution in [3.8, 4) is 11.5 Å². The fourth-order valence-electron chi connectivity index (χ4n) is 4.66. The van der Waals surface area contributed by atoms with Gasteiger partial charge < -0.3 is 19.1 Å². The molecule has 8 nitrogen and oxygen atoms in total. The second-order valence-electron chi connectivity index (χ2n) is 8.21. The normalized spacial score (nSPS) is 25.4. The lowest BCUT2D eigenvalue weighted by Crippen LogP contribution is -2.43. The van der Waals surface area contributed by atoms with Gasteiger partial charge in [0, 0.05) is 51.4 Å². The van der Waals surface area contributed by atoms with Crippen molar-refractivity contribution in [2.45, 2.75) is 12.8 Å². The molecule has 29 heavy (non-hydrogen) atoms. The van der Waals surface area contributed by atoms with Gasteiger partial charge in [-0.05, 0) is 30.1 Å². The molecule has 1 spiro atoms. The van der Waals surface area contributed by atoms with Gasteiger partial charge in [-0.3, -0.25) is 9.69 Å². The van der Waals surface area contributed by atoms with Crippen molar-refractivity contribution in [1.29, 1.82) is 0 Å². The number of hydrogen-bond acceptors (Lipinski definition) is 7.